The molecule has 0 atom stereocenters. The van der Waals surface area contributed by atoms with Crippen molar-refractivity contribution in [2.24, 2.45) is 0 Å². The number of ether oxygens (including phenoxy) is 1. The monoisotopic (exact) mass is 386 g/mol. The molecule has 0 aliphatic carbocycles. The van der Waals surface area contributed by atoms with Gasteiger partial charge >= 0.3 is 6.61 Å². The van der Waals surface area contributed by atoms with Crippen LogP contribution in [-0.2, 0) is 0 Å². The van der Waals surface area contributed by atoms with Crippen molar-refractivity contribution in [1.82, 2.24) is 9.97 Å². The Morgan fingerprint density at radius 3 is 2.41 bits per heavy atom. The van der Waals surface area contributed by atoms with Gasteiger partial charge in [-0.1, -0.05) is 54.1 Å². The Morgan fingerprint density at radius 1 is 0.926 bits per heavy atom. The predicted molar refractivity (Wildman–Crippen MR) is 98.8 cm³/mol. The van der Waals surface area contributed by atoms with Gasteiger partial charge in [0.05, 0.1) is 5.56 Å². The first-order valence-electron chi connectivity index (χ1n) is 8.07. The third kappa shape index (κ3) is 3.57. The average Bonchev–Trinajstić information content (AvgIpc) is 3.29. The lowest BCUT2D eigenvalue weighted by Crippen LogP contribution is -2.02. The van der Waals surface area contributed by atoms with Crippen molar-refractivity contribution in [1.29, 1.82) is 0 Å². The quantitative estimate of drug-likeness (QED) is 0.440. The molecule has 2 heterocycles. The van der Waals surface area contributed by atoms with Crippen LogP contribution in [-0.4, -0.2) is 16.6 Å². The maximum Gasteiger partial charge on any atom is 0.387 e. The van der Waals surface area contributed by atoms with Gasteiger partial charge in [-0.15, -0.1) is 0 Å². The molecule has 27 heavy (non-hydrogen) atoms. The number of alkyl halides is 2. The van der Waals surface area contributed by atoms with Gasteiger partial charge in [0, 0.05) is 5.56 Å². The first-order valence-corrected chi connectivity index (χ1v) is 8.45. The van der Waals surface area contributed by atoms with E-state index in [9.17, 15) is 8.78 Å². The fraction of sp³-hybridized carbons (Fsp3) is 0.0500. The fourth-order valence-corrected chi connectivity index (χ4v) is 2.98. The highest BCUT2D eigenvalue weighted by Gasteiger charge is 2.17. The number of H-pyrrole nitrogens is 1. The summed E-state index contributed by atoms with van der Waals surface area (Å²) in [5.41, 5.74) is 1.89. The van der Waals surface area contributed by atoms with Gasteiger partial charge in [-0.25, -0.2) is 4.98 Å². The van der Waals surface area contributed by atoms with Crippen LogP contribution in [0.5, 0.6) is 5.75 Å². The first kappa shape index (κ1) is 17.3. The minimum absolute atomic E-state index is 0.0378. The molecule has 4 rings (SSSR count). The second-order valence-electron chi connectivity index (χ2n) is 5.65. The SMILES string of the molecule is FC(F)Oc1ccccc1-c1ccc(-c2nc(-c3ccccc3)c(Cl)[nH]2)o1. The van der Waals surface area contributed by atoms with Crippen LogP contribution in [0.15, 0.2) is 71.1 Å². The summed E-state index contributed by atoms with van der Waals surface area (Å²) in [7, 11) is 0. The zero-order chi connectivity index (χ0) is 18.8. The van der Waals surface area contributed by atoms with Crippen LogP contribution in [0, 0.1) is 0 Å². The van der Waals surface area contributed by atoms with Crippen molar-refractivity contribution in [3.63, 3.8) is 0 Å². The number of para-hydroxylation sites is 1. The molecule has 0 aliphatic heterocycles. The molecule has 2 aromatic heterocycles. The number of aromatic nitrogens is 2. The third-order valence-corrected chi connectivity index (χ3v) is 4.19. The molecule has 0 fully saturated rings. The zero-order valence-corrected chi connectivity index (χ0v) is 14.6. The van der Waals surface area contributed by atoms with E-state index in [-0.39, 0.29) is 5.75 Å². The van der Waals surface area contributed by atoms with Crippen LogP contribution in [0.25, 0.3) is 34.2 Å². The standard InChI is InChI=1S/C20H13ClF2N2O2/c21-18-17(12-6-2-1-3-7-12)24-19(25-18)16-11-10-15(26-16)13-8-4-5-9-14(13)27-20(22)23/h1-11,20H,(H,24,25). The summed E-state index contributed by atoms with van der Waals surface area (Å²) >= 11 is 6.27. The smallest absolute Gasteiger partial charge is 0.387 e. The van der Waals surface area contributed by atoms with Crippen molar-refractivity contribution < 1.29 is 17.9 Å². The average molecular weight is 387 g/mol. The van der Waals surface area contributed by atoms with Crippen LogP contribution in [0.2, 0.25) is 5.15 Å². The van der Waals surface area contributed by atoms with E-state index in [4.69, 9.17) is 16.0 Å². The lowest BCUT2D eigenvalue weighted by Gasteiger charge is -2.08. The number of halogens is 3. The normalized spacial score (nSPS) is 11.1. The van der Waals surface area contributed by atoms with E-state index in [0.717, 1.165) is 5.56 Å². The van der Waals surface area contributed by atoms with Crippen molar-refractivity contribution in [2.45, 2.75) is 6.61 Å². The van der Waals surface area contributed by atoms with E-state index in [1.807, 2.05) is 30.3 Å². The van der Waals surface area contributed by atoms with Gasteiger partial charge in [0.25, 0.3) is 0 Å². The molecule has 4 nitrogen and oxygen atoms in total. The van der Waals surface area contributed by atoms with Gasteiger partial charge in [-0.05, 0) is 24.3 Å². The summed E-state index contributed by atoms with van der Waals surface area (Å²) in [5.74, 6) is 1.30. The number of nitrogens with zero attached hydrogens (tertiary/aromatic N) is 1. The van der Waals surface area contributed by atoms with Crippen molar-refractivity contribution in [2.75, 3.05) is 0 Å². The summed E-state index contributed by atoms with van der Waals surface area (Å²) in [4.78, 5) is 7.48. The summed E-state index contributed by atoms with van der Waals surface area (Å²) in [6, 6.07) is 19.3. The van der Waals surface area contributed by atoms with Crippen molar-refractivity contribution in [3.05, 3.63) is 71.9 Å². The van der Waals surface area contributed by atoms with Crippen LogP contribution >= 0.6 is 11.6 Å². The Balaban J connectivity index is 1.69. The molecule has 0 bridgehead atoms. The second kappa shape index (κ2) is 7.25. The van der Waals surface area contributed by atoms with Crippen molar-refractivity contribution >= 4 is 11.6 Å². The summed E-state index contributed by atoms with van der Waals surface area (Å²) in [6.07, 6.45) is 0. The number of nitrogens with one attached hydrogen (secondary N) is 1. The van der Waals surface area contributed by atoms with Gasteiger partial charge in [-0.2, -0.15) is 8.78 Å². The van der Waals surface area contributed by atoms with E-state index < -0.39 is 6.61 Å². The molecule has 4 aromatic rings. The number of furan rings is 1. The number of benzene rings is 2. The highest BCUT2D eigenvalue weighted by atomic mass is 35.5. The number of rotatable bonds is 5. The molecule has 0 saturated carbocycles. The molecule has 2 aromatic carbocycles. The number of hydrogen-bond acceptors (Lipinski definition) is 3. The molecule has 0 spiro atoms. The van der Waals surface area contributed by atoms with E-state index in [1.54, 1.807) is 30.3 Å². The first-order chi connectivity index (χ1) is 13.1. The Labute approximate surface area is 158 Å². The van der Waals surface area contributed by atoms with Crippen LogP contribution in [0.1, 0.15) is 0 Å². The summed E-state index contributed by atoms with van der Waals surface area (Å²) < 4.78 is 35.6. The van der Waals surface area contributed by atoms with Crippen molar-refractivity contribution in [3.8, 4) is 39.9 Å². The Bertz CT molecular complexity index is 1060. The molecule has 7 heteroatoms. The largest absolute Gasteiger partial charge is 0.453 e. The van der Waals surface area contributed by atoms with Gasteiger partial charge in [0.15, 0.2) is 11.6 Å². The lowest BCUT2D eigenvalue weighted by molar-refractivity contribution is -0.0495. The topological polar surface area (TPSA) is 51.0 Å². The third-order valence-electron chi connectivity index (χ3n) is 3.91. The Hall–Kier alpha value is -3.12. The van der Waals surface area contributed by atoms with E-state index in [0.29, 0.717) is 33.8 Å². The number of hydrogen-bond donors (Lipinski definition) is 1. The molecule has 1 N–H and O–H groups in total. The molecule has 0 saturated heterocycles. The fourth-order valence-electron chi connectivity index (χ4n) is 2.73. The van der Waals surface area contributed by atoms with Gasteiger partial charge < -0.3 is 14.1 Å². The molecule has 0 aliphatic rings. The highest BCUT2D eigenvalue weighted by Crippen LogP contribution is 2.35. The van der Waals surface area contributed by atoms with Crippen LogP contribution < -0.4 is 4.74 Å². The summed E-state index contributed by atoms with van der Waals surface area (Å²) in [5, 5.41) is 0.385. The molecule has 136 valence electrons. The van der Waals surface area contributed by atoms with Gasteiger partial charge in [0.2, 0.25) is 0 Å². The minimum atomic E-state index is -2.92. The summed E-state index contributed by atoms with van der Waals surface area (Å²) in [6.45, 7) is -2.92. The minimum Gasteiger partial charge on any atom is -0.453 e. The Morgan fingerprint density at radius 2 is 1.63 bits per heavy atom. The van der Waals surface area contributed by atoms with E-state index >= 15 is 0 Å². The van der Waals surface area contributed by atoms with Gasteiger partial charge in [0.1, 0.15) is 22.4 Å². The molecule has 0 amide bonds. The van der Waals surface area contributed by atoms with E-state index in [1.165, 1.54) is 6.07 Å². The second-order valence-corrected chi connectivity index (χ2v) is 6.03. The van der Waals surface area contributed by atoms with E-state index in [2.05, 4.69) is 14.7 Å². The number of aromatic amines is 1. The lowest BCUT2D eigenvalue weighted by atomic mass is 10.1. The maximum absolute atomic E-state index is 12.6. The molecule has 0 unspecified atom stereocenters. The zero-order valence-electron chi connectivity index (χ0n) is 13.8. The maximum atomic E-state index is 12.6. The molecular weight excluding hydrogens is 374 g/mol. The highest BCUT2D eigenvalue weighted by molar-refractivity contribution is 6.32. The molecular formula is C20H13ClF2N2O2. The Kier molecular flexibility index (Phi) is 4.64. The van der Waals surface area contributed by atoms with Gasteiger partial charge in [-0.3, -0.25) is 0 Å². The molecule has 0 radical (unpaired) electrons. The van der Waals surface area contributed by atoms with Crippen LogP contribution in [0.4, 0.5) is 8.78 Å². The number of imidazole rings is 1. The van der Waals surface area contributed by atoms with Crippen LogP contribution in [0.3, 0.4) is 0 Å². The predicted octanol–water partition coefficient (Wildman–Crippen LogP) is 6.26.